The molecule has 4 atom stereocenters. The second-order valence-corrected chi connectivity index (χ2v) is 10.5. The summed E-state index contributed by atoms with van der Waals surface area (Å²) < 4.78 is 24.8. The maximum atomic E-state index is 12.2. The molecule has 1 saturated heterocycles. The molecular weight excluding hydrogens is 444 g/mol. The fraction of sp³-hybridized carbons (Fsp3) is 0.552. The number of aliphatic carboxylic acids is 1. The minimum atomic E-state index is -0.870. The number of hydrogen-bond donors (Lipinski definition) is 1. The summed E-state index contributed by atoms with van der Waals surface area (Å²) in [4.78, 5) is 12.2. The maximum absolute atomic E-state index is 12.2. The number of carboxylic acid groups (broad SMARTS) is 1. The summed E-state index contributed by atoms with van der Waals surface area (Å²) in [6, 6.07) is 13.8. The Bertz CT molecular complexity index is 1010. The van der Waals surface area contributed by atoms with Gasteiger partial charge in [-0.2, -0.15) is 0 Å². The Hall–Kier alpha value is -2.73. The normalized spacial score (nSPS) is 24.7. The van der Waals surface area contributed by atoms with Gasteiger partial charge in [-0.3, -0.25) is 4.79 Å². The third-order valence-corrected chi connectivity index (χ3v) is 7.24. The predicted molar refractivity (Wildman–Crippen MR) is 134 cm³/mol. The number of carboxylic acids is 1. The summed E-state index contributed by atoms with van der Waals surface area (Å²) >= 11 is 0. The highest BCUT2D eigenvalue weighted by atomic mass is 16.6. The molecule has 0 radical (unpaired) electrons. The number of rotatable bonds is 9. The van der Waals surface area contributed by atoms with E-state index in [4.69, 9.17) is 18.9 Å². The molecule has 2 aromatic rings. The van der Waals surface area contributed by atoms with Gasteiger partial charge in [-0.15, -0.1) is 0 Å². The first kappa shape index (κ1) is 25.4. The van der Waals surface area contributed by atoms with E-state index in [0.29, 0.717) is 24.7 Å². The lowest BCUT2D eigenvalue weighted by molar-refractivity contribution is -0.192. The average molecular weight is 483 g/mol. The molecule has 0 bridgehead atoms. The summed E-state index contributed by atoms with van der Waals surface area (Å²) in [6.45, 7) is 11.3. The van der Waals surface area contributed by atoms with E-state index in [1.807, 2.05) is 56.3 Å². The lowest BCUT2D eigenvalue weighted by Gasteiger charge is -2.50. The highest BCUT2D eigenvalue weighted by Gasteiger charge is 2.52. The minimum Gasteiger partial charge on any atom is -0.494 e. The van der Waals surface area contributed by atoms with Crippen molar-refractivity contribution in [3.05, 3.63) is 53.6 Å². The Kier molecular flexibility index (Phi) is 7.60. The molecule has 2 aliphatic heterocycles. The van der Waals surface area contributed by atoms with E-state index in [0.717, 1.165) is 29.9 Å². The second-order valence-electron chi connectivity index (χ2n) is 10.5. The molecule has 6 heteroatoms. The highest BCUT2D eigenvalue weighted by Crippen LogP contribution is 2.52. The summed E-state index contributed by atoms with van der Waals surface area (Å²) in [5.74, 6) is 1.03. The van der Waals surface area contributed by atoms with Crippen LogP contribution in [0.25, 0.3) is 0 Å². The summed E-state index contributed by atoms with van der Waals surface area (Å²) in [5.41, 5.74) is 1.59. The molecule has 4 rings (SSSR count). The Morgan fingerprint density at radius 2 is 1.83 bits per heavy atom. The van der Waals surface area contributed by atoms with Crippen LogP contribution in [0.1, 0.15) is 77.0 Å². The number of carbonyl (C=O) groups is 1. The van der Waals surface area contributed by atoms with Gasteiger partial charge in [0.1, 0.15) is 35.6 Å². The van der Waals surface area contributed by atoms with Crippen LogP contribution in [0.4, 0.5) is 0 Å². The van der Waals surface area contributed by atoms with Crippen LogP contribution >= 0.6 is 0 Å². The highest BCUT2D eigenvalue weighted by molar-refractivity contribution is 5.71. The van der Waals surface area contributed by atoms with Crippen molar-refractivity contribution in [2.24, 2.45) is 11.8 Å². The van der Waals surface area contributed by atoms with E-state index in [9.17, 15) is 9.90 Å². The van der Waals surface area contributed by atoms with Crippen LogP contribution in [0.3, 0.4) is 0 Å². The zero-order valence-corrected chi connectivity index (χ0v) is 21.5. The van der Waals surface area contributed by atoms with Crippen LogP contribution in [-0.4, -0.2) is 36.0 Å². The van der Waals surface area contributed by atoms with Gasteiger partial charge >= 0.3 is 5.97 Å². The number of hydrogen-bond acceptors (Lipinski definition) is 5. The van der Waals surface area contributed by atoms with Crippen molar-refractivity contribution in [2.75, 3.05) is 13.2 Å². The van der Waals surface area contributed by atoms with Gasteiger partial charge in [-0.1, -0.05) is 39.3 Å². The van der Waals surface area contributed by atoms with E-state index in [2.05, 4.69) is 20.8 Å². The van der Waals surface area contributed by atoms with Gasteiger partial charge in [0.2, 0.25) is 0 Å². The molecule has 2 heterocycles. The molecular formula is C29H38O6. The van der Waals surface area contributed by atoms with Crippen LogP contribution in [0.15, 0.2) is 42.5 Å². The number of unbranched alkanes of at least 4 members (excludes halogenated alkanes) is 1. The van der Waals surface area contributed by atoms with Crippen molar-refractivity contribution in [1.29, 1.82) is 0 Å². The van der Waals surface area contributed by atoms with E-state index < -0.39 is 23.6 Å². The topological polar surface area (TPSA) is 74.2 Å². The quantitative estimate of drug-likeness (QED) is 0.418. The molecule has 2 aromatic carbocycles. The smallest absolute Gasteiger partial charge is 0.309 e. The summed E-state index contributed by atoms with van der Waals surface area (Å²) in [5, 5.41) is 10.0. The van der Waals surface area contributed by atoms with Gasteiger partial charge in [0.05, 0.1) is 18.6 Å². The first-order valence-corrected chi connectivity index (χ1v) is 12.8. The molecule has 0 spiro atoms. The molecule has 35 heavy (non-hydrogen) atoms. The van der Waals surface area contributed by atoms with Crippen LogP contribution in [-0.2, 0) is 9.53 Å². The molecule has 1 fully saturated rings. The molecule has 0 amide bonds. The second kappa shape index (κ2) is 10.5. The van der Waals surface area contributed by atoms with Gasteiger partial charge in [-0.25, -0.2) is 0 Å². The molecule has 1 N–H and O–H groups in total. The lowest BCUT2D eigenvalue weighted by atomic mass is 9.72. The largest absolute Gasteiger partial charge is 0.494 e. The minimum absolute atomic E-state index is 0.108. The van der Waals surface area contributed by atoms with Crippen LogP contribution in [0, 0.1) is 11.8 Å². The van der Waals surface area contributed by atoms with Crippen LogP contribution < -0.4 is 14.2 Å². The average Bonchev–Trinajstić information content (AvgIpc) is 2.82. The van der Waals surface area contributed by atoms with E-state index >= 15 is 0 Å². The van der Waals surface area contributed by atoms with E-state index in [1.165, 1.54) is 5.56 Å². The number of fused-ring (bicyclic) bond motifs is 3. The van der Waals surface area contributed by atoms with Crippen molar-refractivity contribution in [3.8, 4) is 17.2 Å². The summed E-state index contributed by atoms with van der Waals surface area (Å²) in [6.07, 6.45) is 1.63. The number of ether oxygens (including phenoxy) is 4. The monoisotopic (exact) mass is 482 g/mol. The van der Waals surface area contributed by atoms with E-state index in [1.54, 1.807) is 0 Å². The van der Waals surface area contributed by atoms with Crippen LogP contribution in [0.2, 0.25) is 0 Å². The SMILES string of the molecule is CCCCOc1ccc2c(c1)[C@H]1O[C@@H](COc3ccc(C(C)C)cc3)[C@H](C(=O)O)C[C@@H]1C(C)(C)O2. The van der Waals surface area contributed by atoms with E-state index in [-0.39, 0.29) is 18.6 Å². The van der Waals surface area contributed by atoms with Gasteiger partial charge in [0.25, 0.3) is 0 Å². The fourth-order valence-corrected chi connectivity index (χ4v) is 5.03. The molecule has 0 saturated carbocycles. The molecule has 0 unspecified atom stereocenters. The van der Waals surface area contributed by atoms with Crippen molar-refractivity contribution < 1.29 is 28.8 Å². The van der Waals surface area contributed by atoms with Gasteiger partial charge in [0, 0.05) is 11.5 Å². The standard InChI is InChI=1S/C29H38O6/c1-6-7-14-32-21-12-13-25-22(15-21)27-24(29(4,5)35-25)16-23(28(30)31)26(34-27)17-33-20-10-8-19(9-11-20)18(2)3/h8-13,15,18,23-24,26-27H,6-7,14,16-17H2,1-5H3,(H,30,31)/t23-,24+,26+,27-/m1/s1. The van der Waals surface area contributed by atoms with Crippen molar-refractivity contribution in [2.45, 2.75) is 77.6 Å². The molecule has 0 aromatic heterocycles. The predicted octanol–water partition coefficient (Wildman–Crippen LogP) is 6.39. The third kappa shape index (κ3) is 5.58. The van der Waals surface area contributed by atoms with Crippen molar-refractivity contribution in [3.63, 3.8) is 0 Å². The Labute approximate surface area is 208 Å². The molecule has 190 valence electrons. The molecule has 6 nitrogen and oxygen atoms in total. The maximum Gasteiger partial charge on any atom is 0.309 e. The Balaban J connectivity index is 1.56. The zero-order valence-electron chi connectivity index (χ0n) is 21.5. The van der Waals surface area contributed by atoms with Crippen molar-refractivity contribution in [1.82, 2.24) is 0 Å². The van der Waals surface area contributed by atoms with Gasteiger partial charge in [-0.05, 0) is 68.5 Å². The van der Waals surface area contributed by atoms with Crippen LogP contribution in [0.5, 0.6) is 17.2 Å². The first-order valence-electron chi connectivity index (χ1n) is 12.8. The third-order valence-electron chi connectivity index (χ3n) is 7.24. The van der Waals surface area contributed by atoms with Crippen molar-refractivity contribution >= 4 is 5.97 Å². The van der Waals surface area contributed by atoms with Gasteiger partial charge in [0.15, 0.2) is 0 Å². The Morgan fingerprint density at radius 1 is 1.11 bits per heavy atom. The first-order chi connectivity index (χ1) is 16.7. The number of benzene rings is 2. The zero-order chi connectivity index (χ0) is 25.2. The summed E-state index contributed by atoms with van der Waals surface area (Å²) in [7, 11) is 0. The lowest BCUT2D eigenvalue weighted by Crippen LogP contribution is -2.53. The molecule has 0 aliphatic carbocycles. The molecule has 2 aliphatic rings. The van der Waals surface area contributed by atoms with Gasteiger partial charge < -0.3 is 24.1 Å². The fourth-order valence-electron chi connectivity index (χ4n) is 5.03. The Morgan fingerprint density at radius 3 is 2.49 bits per heavy atom.